The van der Waals surface area contributed by atoms with Crippen molar-refractivity contribution in [3.8, 4) is 5.75 Å². The summed E-state index contributed by atoms with van der Waals surface area (Å²) in [4.78, 5) is 35.0. The van der Waals surface area contributed by atoms with E-state index in [0.717, 1.165) is 0 Å². The molecule has 23 heavy (non-hydrogen) atoms. The number of anilines is 2. The molecule has 2 amide bonds. The van der Waals surface area contributed by atoms with E-state index in [9.17, 15) is 14.4 Å². The zero-order valence-electron chi connectivity index (χ0n) is 12.4. The standard InChI is InChI=1S/C17H14N2O4/c1-10(20)11-5-7-12(8-6-11)18-17(22)13-3-2-4-14-16(13)23-9-15(21)19-14/h2-8H,9H2,1H3,(H,18,22)(H,19,21). The Labute approximate surface area is 132 Å². The monoisotopic (exact) mass is 310 g/mol. The number of hydrogen-bond acceptors (Lipinski definition) is 4. The number of nitrogens with one attached hydrogen (secondary N) is 2. The molecular formula is C17H14N2O4. The van der Waals surface area contributed by atoms with Gasteiger partial charge in [0.2, 0.25) is 0 Å². The second-order valence-electron chi connectivity index (χ2n) is 5.11. The number of benzene rings is 2. The molecule has 0 aliphatic carbocycles. The molecule has 6 heteroatoms. The van der Waals surface area contributed by atoms with Crippen molar-refractivity contribution in [1.82, 2.24) is 0 Å². The van der Waals surface area contributed by atoms with Gasteiger partial charge >= 0.3 is 0 Å². The number of rotatable bonds is 3. The van der Waals surface area contributed by atoms with Crippen LogP contribution in [-0.4, -0.2) is 24.2 Å². The number of fused-ring (bicyclic) bond motifs is 1. The Morgan fingerprint density at radius 1 is 1.13 bits per heavy atom. The molecule has 2 aromatic carbocycles. The molecule has 0 saturated heterocycles. The predicted molar refractivity (Wildman–Crippen MR) is 85.0 cm³/mol. The highest BCUT2D eigenvalue weighted by atomic mass is 16.5. The van der Waals surface area contributed by atoms with E-state index in [1.807, 2.05) is 0 Å². The molecule has 1 heterocycles. The first kappa shape index (κ1) is 14.8. The van der Waals surface area contributed by atoms with E-state index < -0.39 is 0 Å². The van der Waals surface area contributed by atoms with Crippen LogP contribution in [0.5, 0.6) is 5.75 Å². The number of carbonyl (C=O) groups is 3. The summed E-state index contributed by atoms with van der Waals surface area (Å²) in [7, 11) is 0. The summed E-state index contributed by atoms with van der Waals surface area (Å²) in [6, 6.07) is 11.6. The van der Waals surface area contributed by atoms with Gasteiger partial charge < -0.3 is 15.4 Å². The average Bonchev–Trinajstić information content (AvgIpc) is 2.54. The maximum atomic E-state index is 12.4. The third kappa shape index (κ3) is 3.06. The Morgan fingerprint density at radius 2 is 1.87 bits per heavy atom. The van der Waals surface area contributed by atoms with Crippen LogP contribution in [0.1, 0.15) is 27.6 Å². The lowest BCUT2D eigenvalue weighted by Gasteiger charge is -2.20. The summed E-state index contributed by atoms with van der Waals surface area (Å²) >= 11 is 0. The van der Waals surface area contributed by atoms with Gasteiger partial charge in [0, 0.05) is 11.3 Å². The van der Waals surface area contributed by atoms with Crippen molar-refractivity contribution in [3.63, 3.8) is 0 Å². The van der Waals surface area contributed by atoms with Crippen molar-refractivity contribution in [1.29, 1.82) is 0 Å². The summed E-state index contributed by atoms with van der Waals surface area (Å²) in [5.74, 6) is -0.294. The first-order chi connectivity index (χ1) is 11.0. The normalized spacial score (nSPS) is 12.7. The molecule has 6 nitrogen and oxygen atoms in total. The van der Waals surface area contributed by atoms with Crippen LogP contribution in [-0.2, 0) is 4.79 Å². The summed E-state index contributed by atoms with van der Waals surface area (Å²) in [6.07, 6.45) is 0. The molecule has 1 aliphatic rings. The van der Waals surface area contributed by atoms with E-state index in [1.165, 1.54) is 6.92 Å². The van der Waals surface area contributed by atoms with Crippen molar-refractivity contribution < 1.29 is 19.1 Å². The number of amides is 2. The smallest absolute Gasteiger partial charge is 0.262 e. The predicted octanol–water partition coefficient (Wildman–Crippen LogP) is 2.47. The van der Waals surface area contributed by atoms with Crippen molar-refractivity contribution in [2.75, 3.05) is 17.2 Å². The van der Waals surface area contributed by atoms with Crippen LogP contribution in [0.3, 0.4) is 0 Å². The van der Waals surface area contributed by atoms with Gasteiger partial charge in [0.25, 0.3) is 11.8 Å². The largest absolute Gasteiger partial charge is 0.481 e. The molecule has 0 aromatic heterocycles. The van der Waals surface area contributed by atoms with Crippen LogP contribution in [0.25, 0.3) is 0 Å². The SMILES string of the molecule is CC(=O)c1ccc(NC(=O)c2cccc3c2OCC(=O)N3)cc1. The van der Waals surface area contributed by atoms with E-state index in [2.05, 4.69) is 10.6 Å². The summed E-state index contributed by atoms with van der Waals surface area (Å²) in [5, 5.41) is 5.40. The molecule has 0 atom stereocenters. The molecule has 2 N–H and O–H groups in total. The third-order valence-corrected chi connectivity index (χ3v) is 3.43. The van der Waals surface area contributed by atoms with E-state index in [0.29, 0.717) is 28.3 Å². The molecule has 2 aromatic rings. The number of ether oxygens (including phenoxy) is 1. The molecule has 0 fully saturated rings. The highest BCUT2D eigenvalue weighted by molar-refractivity contribution is 6.09. The molecule has 1 aliphatic heterocycles. The zero-order chi connectivity index (χ0) is 16.4. The van der Waals surface area contributed by atoms with Crippen LogP contribution in [0.15, 0.2) is 42.5 Å². The maximum Gasteiger partial charge on any atom is 0.262 e. The molecule has 116 valence electrons. The number of ketones is 1. The van der Waals surface area contributed by atoms with Gasteiger partial charge in [-0.15, -0.1) is 0 Å². The first-order valence-electron chi connectivity index (χ1n) is 7.02. The second kappa shape index (κ2) is 5.92. The number of carbonyl (C=O) groups excluding carboxylic acids is 3. The van der Waals surface area contributed by atoms with Crippen molar-refractivity contribution >= 4 is 29.0 Å². The fourth-order valence-electron chi connectivity index (χ4n) is 2.28. The van der Waals surface area contributed by atoms with E-state index in [-0.39, 0.29) is 24.2 Å². The minimum atomic E-state index is -0.353. The second-order valence-corrected chi connectivity index (χ2v) is 5.11. The molecule has 0 unspecified atom stereocenters. The summed E-state index contributed by atoms with van der Waals surface area (Å²) in [6.45, 7) is 1.36. The number of hydrogen-bond donors (Lipinski definition) is 2. The topological polar surface area (TPSA) is 84.5 Å². The van der Waals surface area contributed by atoms with Gasteiger partial charge in [-0.25, -0.2) is 0 Å². The molecule has 0 bridgehead atoms. The Kier molecular flexibility index (Phi) is 3.80. The van der Waals surface area contributed by atoms with Gasteiger partial charge in [-0.1, -0.05) is 6.07 Å². The van der Waals surface area contributed by atoms with Gasteiger partial charge in [-0.3, -0.25) is 14.4 Å². The average molecular weight is 310 g/mol. The van der Waals surface area contributed by atoms with E-state index >= 15 is 0 Å². The lowest BCUT2D eigenvalue weighted by atomic mass is 10.1. The van der Waals surface area contributed by atoms with Gasteiger partial charge in [0.15, 0.2) is 18.1 Å². The Morgan fingerprint density at radius 3 is 2.57 bits per heavy atom. The highest BCUT2D eigenvalue weighted by Gasteiger charge is 2.22. The maximum absolute atomic E-state index is 12.4. The third-order valence-electron chi connectivity index (χ3n) is 3.43. The molecule has 3 rings (SSSR count). The zero-order valence-corrected chi connectivity index (χ0v) is 12.4. The molecule has 0 radical (unpaired) electrons. The fraction of sp³-hybridized carbons (Fsp3) is 0.118. The van der Waals surface area contributed by atoms with Crippen LogP contribution in [0.2, 0.25) is 0 Å². The van der Waals surface area contributed by atoms with Crippen LogP contribution < -0.4 is 15.4 Å². The van der Waals surface area contributed by atoms with Crippen molar-refractivity contribution in [3.05, 3.63) is 53.6 Å². The number of para-hydroxylation sites is 1. The Hall–Kier alpha value is -3.15. The number of Topliss-reactive ketones (excluding diaryl/α,β-unsaturated/α-hetero) is 1. The quantitative estimate of drug-likeness (QED) is 0.853. The van der Waals surface area contributed by atoms with Crippen LogP contribution >= 0.6 is 0 Å². The lowest BCUT2D eigenvalue weighted by molar-refractivity contribution is -0.118. The highest BCUT2D eigenvalue weighted by Crippen LogP contribution is 2.32. The Bertz CT molecular complexity index is 797. The lowest BCUT2D eigenvalue weighted by Crippen LogP contribution is -2.27. The van der Waals surface area contributed by atoms with Gasteiger partial charge in [-0.05, 0) is 43.3 Å². The Balaban J connectivity index is 1.82. The summed E-state index contributed by atoms with van der Waals surface area (Å²) < 4.78 is 5.36. The van der Waals surface area contributed by atoms with Crippen molar-refractivity contribution in [2.45, 2.75) is 6.92 Å². The van der Waals surface area contributed by atoms with Crippen molar-refractivity contribution in [2.24, 2.45) is 0 Å². The minimum Gasteiger partial charge on any atom is -0.481 e. The van der Waals surface area contributed by atoms with Crippen LogP contribution in [0, 0.1) is 0 Å². The van der Waals surface area contributed by atoms with Crippen LogP contribution in [0.4, 0.5) is 11.4 Å². The van der Waals surface area contributed by atoms with E-state index in [1.54, 1.807) is 42.5 Å². The van der Waals surface area contributed by atoms with Gasteiger partial charge in [0.05, 0.1) is 11.3 Å². The molecular weight excluding hydrogens is 296 g/mol. The van der Waals surface area contributed by atoms with Gasteiger partial charge in [0.1, 0.15) is 0 Å². The molecule has 0 saturated carbocycles. The van der Waals surface area contributed by atoms with Gasteiger partial charge in [-0.2, -0.15) is 0 Å². The van der Waals surface area contributed by atoms with E-state index in [4.69, 9.17) is 4.74 Å². The fourth-order valence-corrected chi connectivity index (χ4v) is 2.28. The minimum absolute atomic E-state index is 0.0378. The first-order valence-corrected chi connectivity index (χ1v) is 7.02. The summed E-state index contributed by atoms with van der Waals surface area (Å²) in [5.41, 5.74) is 1.95. The molecule has 0 spiro atoms.